The molecule has 1 atom stereocenters. The second-order valence-electron chi connectivity index (χ2n) is 4.06. The van der Waals surface area contributed by atoms with Crippen molar-refractivity contribution in [2.45, 2.75) is 38.1 Å². The first-order valence-electron chi connectivity index (χ1n) is 5.35. The molecule has 0 bridgehead atoms. The van der Waals surface area contributed by atoms with Crippen LogP contribution in [0.4, 0.5) is 0 Å². The summed E-state index contributed by atoms with van der Waals surface area (Å²) in [6.45, 7) is 0. The summed E-state index contributed by atoms with van der Waals surface area (Å²) in [4.78, 5) is 0. The van der Waals surface area contributed by atoms with Gasteiger partial charge in [0.15, 0.2) is 0 Å². The number of aromatic nitrogens is 2. The summed E-state index contributed by atoms with van der Waals surface area (Å²) in [5.41, 5.74) is 1.12. The van der Waals surface area contributed by atoms with Crippen LogP contribution in [0.25, 0.3) is 0 Å². The van der Waals surface area contributed by atoms with E-state index in [-0.39, 0.29) is 0 Å². The smallest absolute Gasteiger partial charge is 0.0912 e. The Morgan fingerprint density at radius 1 is 1.57 bits per heavy atom. The van der Waals surface area contributed by atoms with E-state index in [0.717, 1.165) is 11.6 Å². The van der Waals surface area contributed by atoms with Crippen molar-refractivity contribution < 1.29 is 0 Å². The van der Waals surface area contributed by atoms with E-state index in [1.165, 1.54) is 43.8 Å². The average Bonchev–Trinajstić information content (AvgIpc) is 2.86. The molecule has 3 nitrogen and oxygen atoms in total. The number of hydrogen-bond acceptors (Lipinski definition) is 4. The zero-order chi connectivity index (χ0) is 9.80. The largest absolute Gasteiger partial charge is 0.312 e. The molecule has 1 aliphatic rings. The molecule has 78 valence electrons. The minimum absolute atomic E-state index is 0.414. The highest BCUT2D eigenvalue weighted by Gasteiger charge is 2.21. The molecule has 0 spiro atoms. The monoisotopic (exact) mass is 211 g/mol. The molecule has 1 heterocycles. The maximum absolute atomic E-state index is 4.30. The van der Waals surface area contributed by atoms with Crippen LogP contribution in [0.2, 0.25) is 0 Å². The van der Waals surface area contributed by atoms with Crippen molar-refractivity contribution in [1.29, 1.82) is 0 Å². The molecule has 0 aliphatic heterocycles. The van der Waals surface area contributed by atoms with Gasteiger partial charge in [-0.1, -0.05) is 25.7 Å². The van der Waals surface area contributed by atoms with Gasteiger partial charge in [-0.05, 0) is 19.4 Å². The van der Waals surface area contributed by atoms with Gasteiger partial charge in [-0.2, -0.15) is 8.75 Å². The summed E-state index contributed by atoms with van der Waals surface area (Å²) in [6.07, 6.45) is 8.74. The van der Waals surface area contributed by atoms with Crippen molar-refractivity contribution in [3.63, 3.8) is 0 Å². The molecule has 4 heteroatoms. The van der Waals surface area contributed by atoms with E-state index < -0.39 is 0 Å². The van der Waals surface area contributed by atoms with E-state index in [1.54, 1.807) is 0 Å². The lowest BCUT2D eigenvalue weighted by atomic mass is 9.97. The van der Waals surface area contributed by atoms with Crippen molar-refractivity contribution in [2.24, 2.45) is 5.92 Å². The Bertz CT molecular complexity index is 254. The Hall–Kier alpha value is -0.480. The third-order valence-corrected chi connectivity index (χ3v) is 3.62. The van der Waals surface area contributed by atoms with E-state index in [1.807, 2.05) is 13.2 Å². The molecule has 1 aromatic heterocycles. The average molecular weight is 211 g/mol. The van der Waals surface area contributed by atoms with Crippen LogP contribution < -0.4 is 5.32 Å². The highest BCUT2D eigenvalue weighted by atomic mass is 32.1. The van der Waals surface area contributed by atoms with Crippen molar-refractivity contribution in [3.05, 3.63) is 11.9 Å². The first kappa shape index (κ1) is 10.1. The standard InChI is InChI=1S/C10H17N3S/c1-11-9(10-7-12-14-13-10)6-8-4-2-3-5-8/h7-9,11H,2-6H2,1H3. The van der Waals surface area contributed by atoms with E-state index in [0.29, 0.717) is 6.04 Å². The third kappa shape index (κ3) is 2.30. The highest BCUT2D eigenvalue weighted by molar-refractivity contribution is 6.99. The Morgan fingerprint density at radius 3 is 2.93 bits per heavy atom. The topological polar surface area (TPSA) is 37.8 Å². The van der Waals surface area contributed by atoms with Gasteiger partial charge in [0.25, 0.3) is 0 Å². The Balaban J connectivity index is 1.93. The van der Waals surface area contributed by atoms with Crippen LogP contribution in [-0.4, -0.2) is 15.8 Å². The molecule has 2 rings (SSSR count). The predicted molar refractivity (Wildman–Crippen MR) is 58.3 cm³/mol. The van der Waals surface area contributed by atoms with Crippen LogP contribution in [0.5, 0.6) is 0 Å². The molecular formula is C10H17N3S. The van der Waals surface area contributed by atoms with Crippen LogP contribution in [0.3, 0.4) is 0 Å². The second-order valence-corrected chi connectivity index (χ2v) is 4.62. The molecular weight excluding hydrogens is 194 g/mol. The molecule has 1 saturated carbocycles. The molecule has 1 aliphatic carbocycles. The molecule has 0 amide bonds. The number of nitrogens with one attached hydrogen (secondary N) is 1. The second kappa shape index (κ2) is 4.84. The van der Waals surface area contributed by atoms with E-state index in [2.05, 4.69) is 14.1 Å². The predicted octanol–water partition coefficient (Wildman–Crippen LogP) is 2.38. The Morgan fingerprint density at radius 2 is 2.36 bits per heavy atom. The Labute approximate surface area is 89.3 Å². The van der Waals surface area contributed by atoms with Crippen LogP contribution in [-0.2, 0) is 0 Å². The molecule has 0 saturated heterocycles. The van der Waals surface area contributed by atoms with Gasteiger partial charge in [-0.3, -0.25) is 0 Å². The first-order chi connectivity index (χ1) is 6.90. The molecule has 0 aromatic carbocycles. The lowest BCUT2D eigenvalue weighted by Crippen LogP contribution is -2.19. The van der Waals surface area contributed by atoms with E-state index in [4.69, 9.17) is 0 Å². The van der Waals surface area contributed by atoms with Crippen LogP contribution in [0, 0.1) is 5.92 Å². The van der Waals surface area contributed by atoms with Crippen LogP contribution in [0.1, 0.15) is 43.8 Å². The van der Waals surface area contributed by atoms with Gasteiger partial charge >= 0.3 is 0 Å². The summed E-state index contributed by atoms with van der Waals surface area (Å²) in [5, 5.41) is 3.34. The van der Waals surface area contributed by atoms with Crippen molar-refractivity contribution in [3.8, 4) is 0 Å². The number of nitrogens with zero attached hydrogens (tertiary/aromatic N) is 2. The van der Waals surface area contributed by atoms with Crippen molar-refractivity contribution in [1.82, 2.24) is 14.1 Å². The summed E-state index contributed by atoms with van der Waals surface area (Å²) in [7, 11) is 2.01. The summed E-state index contributed by atoms with van der Waals surface area (Å²) in [5.74, 6) is 0.897. The molecule has 0 radical (unpaired) electrons. The normalized spacial score (nSPS) is 20.1. The van der Waals surface area contributed by atoms with Gasteiger partial charge in [0, 0.05) is 0 Å². The van der Waals surface area contributed by atoms with Gasteiger partial charge in [0.2, 0.25) is 0 Å². The zero-order valence-corrected chi connectivity index (χ0v) is 9.39. The van der Waals surface area contributed by atoms with Crippen molar-refractivity contribution in [2.75, 3.05) is 7.05 Å². The molecule has 1 unspecified atom stereocenters. The Kier molecular flexibility index (Phi) is 3.48. The lowest BCUT2D eigenvalue weighted by molar-refractivity contribution is 0.409. The third-order valence-electron chi connectivity index (χ3n) is 3.13. The van der Waals surface area contributed by atoms with E-state index >= 15 is 0 Å². The fraction of sp³-hybridized carbons (Fsp3) is 0.800. The van der Waals surface area contributed by atoms with Gasteiger partial charge in [0.1, 0.15) is 0 Å². The fourth-order valence-electron chi connectivity index (χ4n) is 2.29. The highest BCUT2D eigenvalue weighted by Crippen LogP contribution is 2.32. The fourth-order valence-corrected chi connectivity index (χ4v) is 2.76. The lowest BCUT2D eigenvalue weighted by Gasteiger charge is -2.17. The quantitative estimate of drug-likeness (QED) is 0.831. The van der Waals surface area contributed by atoms with E-state index in [9.17, 15) is 0 Å². The first-order valence-corrected chi connectivity index (χ1v) is 6.08. The SMILES string of the molecule is CNC(CC1CCCC1)c1cnsn1. The summed E-state index contributed by atoms with van der Waals surface area (Å²) < 4.78 is 8.35. The number of hydrogen-bond donors (Lipinski definition) is 1. The molecule has 1 aromatic rings. The van der Waals surface area contributed by atoms with Crippen LogP contribution in [0.15, 0.2) is 6.20 Å². The van der Waals surface area contributed by atoms with Gasteiger partial charge in [-0.15, -0.1) is 0 Å². The summed E-state index contributed by atoms with van der Waals surface area (Å²) >= 11 is 1.30. The van der Waals surface area contributed by atoms with Crippen molar-refractivity contribution >= 4 is 11.7 Å². The van der Waals surface area contributed by atoms with Gasteiger partial charge in [0.05, 0.1) is 29.7 Å². The zero-order valence-electron chi connectivity index (χ0n) is 8.57. The minimum atomic E-state index is 0.414. The number of rotatable bonds is 4. The minimum Gasteiger partial charge on any atom is -0.312 e. The molecule has 14 heavy (non-hydrogen) atoms. The maximum Gasteiger partial charge on any atom is 0.0912 e. The maximum atomic E-state index is 4.30. The molecule has 1 fully saturated rings. The molecule has 1 N–H and O–H groups in total. The van der Waals surface area contributed by atoms with Gasteiger partial charge in [-0.25, -0.2) is 0 Å². The summed E-state index contributed by atoms with van der Waals surface area (Å²) in [6, 6.07) is 0.414. The van der Waals surface area contributed by atoms with Crippen LogP contribution >= 0.6 is 11.7 Å². The van der Waals surface area contributed by atoms with Gasteiger partial charge < -0.3 is 5.32 Å².